The molecule has 0 bridgehead atoms. The highest BCUT2D eigenvalue weighted by Crippen LogP contribution is 2.13. The van der Waals surface area contributed by atoms with E-state index in [1.54, 1.807) is 4.90 Å². The summed E-state index contributed by atoms with van der Waals surface area (Å²) in [6.45, 7) is 3.17. The van der Waals surface area contributed by atoms with Crippen LogP contribution in [-0.4, -0.2) is 24.1 Å². The summed E-state index contributed by atoms with van der Waals surface area (Å²) in [6.07, 6.45) is 1.42. The van der Waals surface area contributed by atoms with Gasteiger partial charge in [-0.3, -0.25) is 4.90 Å². The van der Waals surface area contributed by atoms with Crippen LogP contribution >= 0.6 is 12.2 Å². The van der Waals surface area contributed by atoms with E-state index in [1.807, 2.05) is 37.3 Å². The first-order valence-corrected chi connectivity index (χ1v) is 6.44. The molecule has 5 heteroatoms. The third-order valence-corrected chi connectivity index (χ3v) is 2.63. The van der Waals surface area contributed by atoms with Crippen LogP contribution in [0, 0.1) is 0 Å². The number of carbonyl (C=O) groups is 1. The van der Waals surface area contributed by atoms with Crippen molar-refractivity contribution in [1.29, 1.82) is 0 Å². The van der Waals surface area contributed by atoms with E-state index in [4.69, 9.17) is 18.0 Å². The average molecular weight is 265 g/mol. The molecule has 0 aliphatic heterocycles. The van der Waals surface area contributed by atoms with Gasteiger partial charge in [0.05, 0.1) is 4.99 Å². The van der Waals surface area contributed by atoms with Crippen molar-refractivity contribution >= 4 is 28.9 Å². The molecule has 0 spiro atoms. The van der Waals surface area contributed by atoms with Gasteiger partial charge in [0.25, 0.3) is 0 Å². The number of hydrogen-bond donors (Lipinski definition) is 2. The summed E-state index contributed by atoms with van der Waals surface area (Å²) in [7, 11) is 0. The molecule has 0 heterocycles. The summed E-state index contributed by atoms with van der Waals surface area (Å²) in [5.74, 6) is 0. The van der Waals surface area contributed by atoms with E-state index in [9.17, 15) is 4.79 Å². The monoisotopic (exact) mass is 265 g/mol. The van der Waals surface area contributed by atoms with Crippen LogP contribution in [0.5, 0.6) is 0 Å². The van der Waals surface area contributed by atoms with Crippen molar-refractivity contribution in [1.82, 2.24) is 5.32 Å². The van der Waals surface area contributed by atoms with Gasteiger partial charge in [0.2, 0.25) is 0 Å². The minimum absolute atomic E-state index is 0.112. The molecule has 0 aliphatic carbocycles. The van der Waals surface area contributed by atoms with Gasteiger partial charge in [-0.05, 0) is 18.6 Å². The zero-order valence-electron chi connectivity index (χ0n) is 10.6. The number of para-hydroxylation sites is 1. The summed E-state index contributed by atoms with van der Waals surface area (Å²) in [5.41, 5.74) is 6.34. The van der Waals surface area contributed by atoms with Crippen molar-refractivity contribution in [2.45, 2.75) is 19.8 Å². The van der Waals surface area contributed by atoms with Crippen LogP contribution in [0.2, 0.25) is 0 Å². The van der Waals surface area contributed by atoms with Crippen LogP contribution in [0.1, 0.15) is 19.8 Å². The Morgan fingerprint density at radius 3 is 2.61 bits per heavy atom. The molecule has 0 saturated carbocycles. The summed E-state index contributed by atoms with van der Waals surface area (Å²) in [6, 6.07) is 9.39. The Bertz CT molecular complexity index is 394. The molecule has 0 fully saturated rings. The molecule has 3 N–H and O–H groups in total. The van der Waals surface area contributed by atoms with Gasteiger partial charge in [-0.25, -0.2) is 4.79 Å². The van der Waals surface area contributed by atoms with Gasteiger partial charge < -0.3 is 11.1 Å². The fourth-order valence-corrected chi connectivity index (χ4v) is 1.60. The van der Waals surface area contributed by atoms with Crippen molar-refractivity contribution < 1.29 is 4.79 Å². The summed E-state index contributed by atoms with van der Waals surface area (Å²) in [4.78, 5) is 14.1. The van der Waals surface area contributed by atoms with Crippen LogP contribution < -0.4 is 16.0 Å². The van der Waals surface area contributed by atoms with Crippen molar-refractivity contribution in [2.75, 3.05) is 18.0 Å². The predicted octanol–water partition coefficient (Wildman–Crippen LogP) is 2.29. The SMILES string of the molecule is CCCNC(=O)N(CCC(N)=S)c1ccccc1. The normalized spacial score (nSPS) is 9.83. The number of benzene rings is 1. The number of nitrogens with one attached hydrogen (secondary N) is 1. The molecular weight excluding hydrogens is 246 g/mol. The van der Waals surface area contributed by atoms with E-state index < -0.39 is 0 Å². The average Bonchev–Trinajstić information content (AvgIpc) is 2.37. The second-order valence-electron chi connectivity index (χ2n) is 3.94. The zero-order valence-corrected chi connectivity index (χ0v) is 11.4. The maximum absolute atomic E-state index is 12.0. The topological polar surface area (TPSA) is 58.4 Å². The molecule has 18 heavy (non-hydrogen) atoms. The maximum Gasteiger partial charge on any atom is 0.321 e. The zero-order chi connectivity index (χ0) is 13.4. The summed E-state index contributed by atoms with van der Waals surface area (Å²) in [5, 5.41) is 2.86. The van der Waals surface area contributed by atoms with E-state index in [0.29, 0.717) is 24.5 Å². The van der Waals surface area contributed by atoms with Gasteiger partial charge >= 0.3 is 6.03 Å². The number of urea groups is 1. The number of thiocarbonyl (C=S) groups is 1. The Labute approximate surface area is 113 Å². The molecule has 4 nitrogen and oxygen atoms in total. The fourth-order valence-electron chi connectivity index (χ4n) is 1.51. The molecule has 0 atom stereocenters. The molecule has 1 aromatic rings. The highest BCUT2D eigenvalue weighted by atomic mass is 32.1. The van der Waals surface area contributed by atoms with Crippen LogP contribution in [0.3, 0.4) is 0 Å². The lowest BCUT2D eigenvalue weighted by Crippen LogP contribution is -2.41. The number of hydrogen-bond acceptors (Lipinski definition) is 2. The van der Waals surface area contributed by atoms with Crippen molar-refractivity contribution in [3.63, 3.8) is 0 Å². The molecule has 0 saturated heterocycles. The van der Waals surface area contributed by atoms with Crippen molar-refractivity contribution in [3.05, 3.63) is 30.3 Å². The number of nitrogens with zero attached hydrogens (tertiary/aromatic N) is 1. The minimum atomic E-state index is -0.112. The van der Waals surface area contributed by atoms with Crippen LogP contribution in [0.25, 0.3) is 0 Å². The van der Waals surface area contributed by atoms with Gasteiger partial charge in [0.1, 0.15) is 0 Å². The maximum atomic E-state index is 12.0. The Kier molecular flexibility index (Phi) is 6.14. The van der Waals surface area contributed by atoms with E-state index in [-0.39, 0.29) is 6.03 Å². The predicted molar refractivity (Wildman–Crippen MR) is 78.9 cm³/mol. The van der Waals surface area contributed by atoms with Gasteiger partial charge in [-0.15, -0.1) is 0 Å². The molecule has 0 aromatic heterocycles. The third-order valence-electron chi connectivity index (χ3n) is 2.42. The standard InChI is InChI=1S/C13H19N3OS/c1-2-9-15-13(17)16(10-8-12(14)18)11-6-4-3-5-7-11/h3-7H,2,8-10H2,1H3,(H2,14,18)(H,15,17). The molecule has 0 aliphatic rings. The van der Waals surface area contributed by atoms with E-state index in [2.05, 4.69) is 5.32 Å². The molecule has 2 amide bonds. The van der Waals surface area contributed by atoms with Crippen LogP contribution in [0.4, 0.5) is 10.5 Å². The quantitative estimate of drug-likeness (QED) is 0.776. The minimum Gasteiger partial charge on any atom is -0.393 e. The van der Waals surface area contributed by atoms with E-state index >= 15 is 0 Å². The van der Waals surface area contributed by atoms with Gasteiger partial charge in [0.15, 0.2) is 0 Å². The highest BCUT2D eigenvalue weighted by molar-refractivity contribution is 7.80. The molecule has 1 rings (SSSR count). The lowest BCUT2D eigenvalue weighted by molar-refractivity contribution is 0.246. The Balaban J connectivity index is 2.74. The first-order chi connectivity index (χ1) is 8.65. The Morgan fingerprint density at radius 2 is 2.06 bits per heavy atom. The first kappa shape index (κ1) is 14.4. The van der Waals surface area contributed by atoms with E-state index in [1.165, 1.54) is 0 Å². The lowest BCUT2D eigenvalue weighted by Gasteiger charge is -2.23. The lowest BCUT2D eigenvalue weighted by atomic mass is 10.2. The molecule has 0 unspecified atom stereocenters. The molecule has 1 aromatic carbocycles. The van der Waals surface area contributed by atoms with Crippen LogP contribution in [-0.2, 0) is 0 Å². The largest absolute Gasteiger partial charge is 0.393 e. The second-order valence-corrected chi connectivity index (χ2v) is 4.46. The van der Waals surface area contributed by atoms with E-state index in [0.717, 1.165) is 12.1 Å². The fraction of sp³-hybridized carbons (Fsp3) is 0.385. The summed E-state index contributed by atoms with van der Waals surface area (Å²) < 4.78 is 0. The number of amides is 2. The van der Waals surface area contributed by atoms with Crippen LogP contribution in [0.15, 0.2) is 30.3 Å². The number of carbonyl (C=O) groups excluding carboxylic acids is 1. The third kappa shape index (κ3) is 4.71. The van der Waals surface area contributed by atoms with Gasteiger partial charge in [0, 0.05) is 25.2 Å². The highest BCUT2D eigenvalue weighted by Gasteiger charge is 2.14. The van der Waals surface area contributed by atoms with Crippen molar-refractivity contribution in [3.8, 4) is 0 Å². The smallest absolute Gasteiger partial charge is 0.321 e. The second kappa shape index (κ2) is 7.66. The molecular formula is C13H19N3OS. The number of nitrogens with two attached hydrogens (primary N) is 1. The van der Waals surface area contributed by atoms with Gasteiger partial charge in [-0.1, -0.05) is 37.3 Å². The number of anilines is 1. The molecule has 98 valence electrons. The Morgan fingerprint density at radius 1 is 1.39 bits per heavy atom. The molecule has 0 radical (unpaired) electrons. The summed E-state index contributed by atoms with van der Waals surface area (Å²) >= 11 is 4.86. The Hall–Kier alpha value is -1.62. The van der Waals surface area contributed by atoms with Gasteiger partial charge in [-0.2, -0.15) is 0 Å². The van der Waals surface area contributed by atoms with Crippen molar-refractivity contribution in [2.24, 2.45) is 5.73 Å². The first-order valence-electron chi connectivity index (χ1n) is 6.04. The number of rotatable bonds is 6.